The lowest BCUT2D eigenvalue weighted by atomic mass is 10.0. The highest BCUT2D eigenvalue weighted by Gasteiger charge is 2.17. The molecule has 1 atom stereocenters. The van der Waals surface area contributed by atoms with Crippen LogP contribution in [-0.4, -0.2) is 37.9 Å². The van der Waals surface area contributed by atoms with Gasteiger partial charge in [-0.25, -0.2) is 0 Å². The maximum atomic E-state index is 12.8. The van der Waals surface area contributed by atoms with Gasteiger partial charge in [0.2, 0.25) is 0 Å². The number of carbonyl (C=O) groups is 2. The number of esters is 2. The van der Waals surface area contributed by atoms with Crippen molar-refractivity contribution in [3.8, 4) is 0 Å². The topological polar surface area (TPSA) is 61.8 Å². The highest BCUT2D eigenvalue weighted by atomic mass is 16.6. The van der Waals surface area contributed by atoms with E-state index in [1.54, 1.807) is 0 Å². The lowest BCUT2D eigenvalue weighted by Crippen LogP contribution is -2.30. The lowest BCUT2D eigenvalue weighted by Gasteiger charge is -2.18. The molecule has 0 spiro atoms. The molecule has 0 aromatic heterocycles. The standard InChI is InChI=1S/C59H106O5/c1-4-7-10-13-16-19-22-25-27-29-31-33-36-39-42-45-48-51-54-62-55-57(64-59(61)53-50-47-44-41-38-34-24-21-18-15-12-9-6-3)56-63-58(60)52-49-46-43-40-37-35-32-30-28-26-23-20-17-14-11-8-5-2/h7,10,16-17,19-20,25-28,57H,4-6,8-9,11-15,18,21-24,29-56H2,1-3H3/b10-7-,19-16-,20-17-,27-25-,28-26-. The molecule has 5 nitrogen and oxygen atoms in total. The molecule has 0 aliphatic rings. The van der Waals surface area contributed by atoms with Gasteiger partial charge in [-0.1, -0.05) is 242 Å². The monoisotopic (exact) mass is 895 g/mol. The summed E-state index contributed by atoms with van der Waals surface area (Å²) in [6, 6.07) is 0. The van der Waals surface area contributed by atoms with Gasteiger partial charge >= 0.3 is 11.9 Å². The first kappa shape index (κ1) is 61.6. The van der Waals surface area contributed by atoms with Crippen molar-refractivity contribution < 1.29 is 23.8 Å². The Labute approximate surface area is 398 Å². The van der Waals surface area contributed by atoms with E-state index >= 15 is 0 Å². The van der Waals surface area contributed by atoms with Crippen LogP contribution in [0, 0.1) is 0 Å². The third-order valence-corrected chi connectivity index (χ3v) is 12.0. The molecule has 0 fully saturated rings. The fraction of sp³-hybridized carbons (Fsp3) is 0.797. The zero-order valence-corrected chi connectivity index (χ0v) is 42.8. The number of allylic oxidation sites excluding steroid dienone is 10. The molecule has 0 aromatic rings. The van der Waals surface area contributed by atoms with E-state index < -0.39 is 6.10 Å². The van der Waals surface area contributed by atoms with E-state index in [0.29, 0.717) is 19.4 Å². The Morgan fingerprint density at radius 2 is 0.703 bits per heavy atom. The normalized spacial score (nSPS) is 12.6. The second-order valence-electron chi connectivity index (χ2n) is 18.5. The molecule has 0 aliphatic heterocycles. The molecule has 0 amide bonds. The summed E-state index contributed by atoms with van der Waals surface area (Å²) in [5, 5.41) is 0. The molecule has 0 saturated carbocycles. The zero-order chi connectivity index (χ0) is 46.3. The van der Waals surface area contributed by atoms with Crippen molar-refractivity contribution >= 4 is 11.9 Å². The molecule has 1 unspecified atom stereocenters. The SMILES string of the molecule is CC/C=C\C/C=C\C/C=C\CCCCCCCCCCOCC(COC(=O)CCCCCCCCC/C=C\C/C=C\CCCCC)OC(=O)CCCCCCCCCCCCCCC. The third kappa shape index (κ3) is 52.2. The third-order valence-electron chi connectivity index (χ3n) is 12.0. The molecule has 0 rings (SSSR count). The van der Waals surface area contributed by atoms with Gasteiger partial charge in [-0.15, -0.1) is 0 Å². The van der Waals surface area contributed by atoms with E-state index in [1.165, 1.54) is 173 Å². The predicted octanol–water partition coefficient (Wildman–Crippen LogP) is 18.9. The Hall–Kier alpha value is -2.40. The molecule has 0 saturated heterocycles. The second kappa shape index (κ2) is 54.9. The quantitative estimate of drug-likeness (QED) is 0.0346. The van der Waals surface area contributed by atoms with Crippen molar-refractivity contribution in [1.82, 2.24) is 0 Å². The van der Waals surface area contributed by atoms with Crippen LogP contribution in [0.3, 0.4) is 0 Å². The summed E-state index contributed by atoms with van der Waals surface area (Å²) in [5.74, 6) is -0.399. The van der Waals surface area contributed by atoms with Crippen molar-refractivity contribution in [2.75, 3.05) is 19.8 Å². The van der Waals surface area contributed by atoms with Crippen LogP contribution in [0.5, 0.6) is 0 Å². The summed E-state index contributed by atoms with van der Waals surface area (Å²) >= 11 is 0. The highest BCUT2D eigenvalue weighted by Crippen LogP contribution is 2.15. The van der Waals surface area contributed by atoms with Gasteiger partial charge in [-0.05, 0) is 83.5 Å². The number of hydrogen-bond acceptors (Lipinski definition) is 5. The first-order chi connectivity index (χ1) is 31.6. The van der Waals surface area contributed by atoms with Crippen LogP contribution in [0.1, 0.15) is 278 Å². The number of ether oxygens (including phenoxy) is 3. The summed E-state index contributed by atoms with van der Waals surface area (Å²) in [6.07, 6.45) is 69.4. The number of hydrogen-bond donors (Lipinski definition) is 0. The van der Waals surface area contributed by atoms with Crippen LogP contribution >= 0.6 is 0 Å². The Bertz CT molecular complexity index is 1100. The average molecular weight is 895 g/mol. The Morgan fingerprint density at radius 1 is 0.359 bits per heavy atom. The van der Waals surface area contributed by atoms with Gasteiger partial charge in [-0.3, -0.25) is 9.59 Å². The smallest absolute Gasteiger partial charge is 0.306 e. The molecule has 64 heavy (non-hydrogen) atoms. The second-order valence-corrected chi connectivity index (χ2v) is 18.5. The fourth-order valence-electron chi connectivity index (χ4n) is 7.91. The van der Waals surface area contributed by atoms with Gasteiger partial charge in [0.1, 0.15) is 6.61 Å². The molecular weight excluding hydrogens is 789 g/mol. The van der Waals surface area contributed by atoms with Crippen LogP contribution in [0.15, 0.2) is 60.8 Å². The largest absolute Gasteiger partial charge is 0.462 e. The van der Waals surface area contributed by atoms with Gasteiger partial charge in [0.25, 0.3) is 0 Å². The van der Waals surface area contributed by atoms with Gasteiger partial charge in [0.15, 0.2) is 6.10 Å². The van der Waals surface area contributed by atoms with Crippen molar-refractivity contribution in [2.24, 2.45) is 0 Å². The fourth-order valence-corrected chi connectivity index (χ4v) is 7.91. The summed E-state index contributed by atoms with van der Waals surface area (Å²) in [6.45, 7) is 7.70. The highest BCUT2D eigenvalue weighted by molar-refractivity contribution is 5.70. The van der Waals surface area contributed by atoms with Crippen molar-refractivity contribution in [1.29, 1.82) is 0 Å². The molecule has 372 valence electrons. The summed E-state index contributed by atoms with van der Waals surface area (Å²) in [7, 11) is 0. The molecule has 0 radical (unpaired) electrons. The van der Waals surface area contributed by atoms with E-state index in [9.17, 15) is 9.59 Å². The van der Waals surface area contributed by atoms with Crippen LogP contribution in [-0.2, 0) is 23.8 Å². The van der Waals surface area contributed by atoms with E-state index in [4.69, 9.17) is 14.2 Å². The molecule has 0 aliphatic carbocycles. The van der Waals surface area contributed by atoms with Gasteiger partial charge in [-0.2, -0.15) is 0 Å². The van der Waals surface area contributed by atoms with Crippen molar-refractivity contribution in [3.05, 3.63) is 60.8 Å². The van der Waals surface area contributed by atoms with Crippen LogP contribution in [0.4, 0.5) is 0 Å². The zero-order valence-electron chi connectivity index (χ0n) is 42.8. The van der Waals surface area contributed by atoms with Gasteiger partial charge < -0.3 is 14.2 Å². The summed E-state index contributed by atoms with van der Waals surface area (Å²) in [4.78, 5) is 25.5. The predicted molar refractivity (Wildman–Crippen MR) is 279 cm³/mol. The van der Waals surface area contributed by atoms with E-state index in [2.05, 4.69) is 81.5 Å². The number of unbranched alkanes of at least 4 members (excludes halogenated alkanes) is 30. The minimum Gasteiger partial charge on any atom is -0.462 e. The van der Waals surface area contributed by atoms with Crippen LogP contribution in [0.25, 0.3) is 0 Å². The maximum absolute atomic E-state index is 12.8. The minimum atomic E-state index is -0.542. The first-order valence-electron chi connectivity index (χ1n) is 27.8. The van der Waals surface area contributed by atoms with Crippen molar-refractivity contribution in [3.63, 3.8) is 0 Å². The Morgan fingerprint density at radius 3 is 1.16 bits per heavy atom. The van der Waals surface area contributed by atoms with Gasteiger partial charge in [0.05, 0.1) is 6.61 Å². The van der Waals surface area contributed by atoms with E-state index in [1.807, 2.05) is 0 Å². The maximum Gasteiger partial charge on any atom is 0.306 e. The van der Waals surface area contributed by atoms with E-state index in [-0.39, 0.29) is 25.2 Å². The average Bonchev–Trinajstić information content (AvgIpc) is 3.30. The number of carbonyl (C=O) groups excluding carboxylic acids is 2. The molecule has 0 N–H and O–H groups in total. The Balaban J connectivity index is 4.26. The molecule has 5 heteroatoms. The minimum absolute atomic E-state index is 0.0800. The number of rotatable bonds is 51. The molecule has 0 heterocycles. The Kier molecular flexibility index (Phi) is 52.9. The molecule has 0 aromatic carbocycles. The first-order valence-corrected chi connectivity index (χ1v) is 27.8. The summed E-state index contributed by atoms with van der Waals surface area (Å²) in [5.41, 5.74) is 0. The van der Waals surface area contributed by atoms with Crippen LogP contribution < -0.4 is 0 Å². The molecule has 0 bridgehead atoms. The van der Waals surface area contributed by atoms with Gasteiger partial charge in [0, 0.05) is 19.4 Å². The van der Waals surface area contributed by atoms with Crippen LogP contribution in [0.2, 0.25) is 0 Å². The van der Waals surface area contributed by atoms with E-state index in [0.717, 1.165) is 70.6 Å². The lowest BCUT2D eigenvalue weighted by molar-refractivity contribution is -0.163. The van der Waals surface area contributed by atoms with Crippen molar-refractivity contribution in [2.45, 2.75) is 284 Å². The summed E-state index contributed by atoms with van der Waals surface area (Å²) < 4.78 is 17.5. The molecular formula is C59H106O5.